The smallest absolute Gasteiger partial charge is 0.266 e. The van der Waals surface area contributed by atoms with Crippen molar-refractivity contribution in [1.29, 1.82) is 0 Å². The maximum absolute atomic E-state index is 12.6. The van der Waals surface area contributed by atoms with E-state index in [0.717, 1.165) is 44.4 Å². The molecule has 2 aliphatic rings. The van der Waals surface area contributed by atoms with E-state index in [4.69, 9.17) is 10.5 Å². The number of ether oxygens (including phenoxy) is 1. The van der Waals surface area contributed by atoms with Crippen molar-refractivity contribution in [3.05, 3.63) is 63.8 Å². The minimum absolute atomic E-state index is 0.0326. The van der Waals surface area contributed by atoms with Gasteiger partial charge in [-0.3, -0.25) is 4.79 Å². The lowest BCUT2D eigenvalue weighted by Crippen LogP contribution is -2.47. The Morgan fingerprint density at radius 3 is 2.23 bits per heavy atom. The molecule has 2 fully saturated rings. The molecule has 0 spiro atoms. The predicted octanol–water partition coefficient (Wildman–Crippen LogP) is 7.00. The van der Waals surface area contributed by atoms with Crippen LogP contribution in [0.3, 0.4) is 0 Å². The van der Waals surface area contributed by atoms with E-state index in [1.54, 1.807) is 7.11 Å². The maximum atomic E-state index is 12.6. The number of pyridine rings is 1. The van der Waals surface area contributed by atoms with Crippen LogP contribution in [0.1, 0.15) is 56.9 Å². The van der Waals surface area contributed by atoms with Crippen LogP contribution in [0.15, 0.2) is 52.6 Å². The van der Waals surface area contributed by atoms with E-state index in [1.807, 2.05) is 17.5 Å². The van der Waals surface area contributed by atoms with Crippen molar-refractivity contribution in [2.24, 2.45) is 17.6 Å². The van der Waals surface area contributed by atoms with Crippen LogP contribution in [0.4, 0.5) is 0 Å². The first-order valence-electron chi connectivity index (χ1n) is 13.1. The van der Waals surface area contributed by atoms with Gasteiger partial charge in [0.2, 0.25) is 0 Å². The average Bonchev–Trinajstić information content (AvgIpc) is 3.68. The van der Waals surface area contributed by atoms with Gasteiger partial charge in [-0.25, -0.2) is 0 Å². The van der Waals surface area contributed by atoms with E-state index < -0.39 is 0 Å². The molecule has 0 amide bonds. The molecule has 2 aromatic carbocycles. The van der Waals surface area contributed by atoms with Gasteiger partial charge in [-0.2, -0.15) is 0 Å². The second-order valence-electron chi connectivity index (χ2n) is 10.5. The molecule has 0 atom stereocenters. The number of nitrogens with one attached hydrogen (secondary N) is 1. The molecule has 2 aliphatic carbocycles. The number of benzene rings is 2. The molecule has 6 rings (SSSR count). The summed E-state index contributed by atoms with van der Waals surface area (Å²) in [6, 6.07) is 15.1. The lowest BCUT2D eigenvalue weighted by molar-refractivity contribution is 0.178. The molecule has 2 saturated carbocycles. The number of fused-ring (bicyclic) bond motifs is 3. The zero-order valence-corrected chi connectivity index (χ0v) is 21.3. The average molecular weight is 487 g/mol. The van der Waals surface area contributed by atoms with Crippen molar-refractivity contribution in [3.63, 3.8) is 0 Å². The Morgan fingerprint density at radius 1 is 0.971 bits per heavy atom. The Labute approximate surface area is 210 Å². The third-order valence-corrected chi connectivity index (χ3v) is 9.91. The van der Waals surface area contributed by atoms with Gasteiger partial charge < -0.3 is 15.5 Å². The van der Waals surface area contributed by atoms with Gasteiger partial charge in [0, 0.05) is 33.8 Å². The highest BCUT2D eigenvalue weighted by Gasteiger charge is 2.47. The molecular formula is C30H34N2O2S. The first-order chi connectivity index (χ1) is 17.2. The third-order valence-electron chi connectivity index (χ3n) is 8.99. The molecular weight excluding hydrogens is 452 g/mol. The van der Waals surface area contributed by atoms with E-state index in [1.165, 1.54) is 68.3 Å². The van der Waals surface area contributed by atoms with Crippen LogP contribution in [0.25, 0.3) is 32.1 Å². The first-order valence-corrected chi connectivity index (χ1v) is 14.0. The normalized spacial score (nSPS) is 17.7. The lowest BCUT2D eigenvalue weighted by Gasteiger charge is -2.44. The summed E-state index contributed by atoms with van der Waals surface area (Å²) in [5.41, 5.74) is 11.1. The van der Waals surface area contributed by atoms with Gasteiger partial charge in [0.15, 0.2) is 0 Å². The van der Waals surface area contributed by atoms with Crippen molar-refractivity contribution in [1.82, 2.24) is 4.98 Å². The van der Waals surface area contributed by atoms with Crippen LogP contribution in [0.5, 0.6) is 5.75 Å². The predicted molar refractivity (Wildman–Crippen MR) is 147 cm³/mol. The first kappa shape index (κ1) is 22.8. The number of hydrogen-bond donors (Lipinski definition) is 2. The van der Waals surface area contributed by atoms with Crippen LogP contribution >= 0.6 is 11.3 Å². The number of aromatic nitrogens is 1. The summed E-state index contributed by atoms with van der Waals surface area (Å²) in [7, 11) is 1.72. The van der Waals surface area contributed by atoms with Crippen molar-refractivity contribution in [2.75, 3.05) is 13.7 Å². The summed E-state index contributed by atoms with van der Waals surface area (Å²) >= 11 is 1.48. The number of nitrogens with two attached hydrogens (primary N) is 1. The highest BCUT2D eigenvalue weighted by Crippen LogP contribution is 2.52. The topological polar surface area (TPSA) is 68.1 Å². The SMILES string of the molecule is COc1ccc2[nH]c(=O)c3sccc3c2c1-c1ccc(C(CN)(C2CCCC2)C2CCCC2)cc1. The number of hydrogen-bond acceptors (Lipinski definition) is 4. The fourth-order valence-corrected chi connectivity index (χ4v) is 8.17. The molecule has 0 bridgehead atoms. The Morgan fingerprint density at radius 2 is 1.63 bits per heavy atom. The van der Waals surface area contributed by atoms with Gasteiger partial charge in [-0.05, 0) is 72.2 Å². The van der Waals surface area contributed by atoms with Crippen LogP contribution in [-0.4, -0.2) is 18.6 Å². The van der Waals surface area contributed by atoms with Gasteiger partial charge >= 0.3 is 0 Å². The van der Waals surface area contributed by atoms with Crippen molar-refractivity contribution < 1.29 is 4.74 Å². The van der Waals surface area contributed by atoms with E-state index in [-0.39, 0.29) is 11.0 Å². The summed E-state index contributed by atoms with van der Waals surface area (Å²) in [5.74, 6) is 2.19. The summed E-state index contributed by atoms with van der Waals surface area (Å²) < 4.78 is 6.59. The Balaban J connectivity index is 1.52. The minimum Gasteiger partial charge on any atom is -0.496 e. The highest BCUT2D eigenvalue weighted by atomic mass is 32.1. The molecule has 0 radical (unpaired) electrons. The molecule has 182 valence electrons. The summed E-state index contributed by atoms with van der Waals surface area (Å²) in [5, 5.41) is 4.02. The molecule has 2 aromatic heterocycles. The van der Waals surface area contributed by atoms with Gasteiger partial charge in [-0.15, -0.1) is 11.3 Å². The fourth-order valence-electron chi connectivity index (χ4n) is 7.37. The zero-order chi connectivity index (χ0) is 24.0. The number of aromatic amines is 1. The minimum atomic E-state index is -0.0326. The van der Waals surface area contributed by atoms with E-state index >= 15 is 0 Å². The summed E-state index contributed by atoms with van der Waals surface area (Å²) in [6.45, 7) is 0.732. The van der Waals surface area contributed by atoms with Gasteiger partial charge in [0.05, 0.1) is 7.11 Å². The van der Waals surface area contributed by atoms with Crippen LogP contribution in [-0.2, 0) is 5.41 Å². The summed E-state index contributed by atoms with van der Waals surface area (Å²) in [4.78, 5) is 15.7. The van der Waals surface area contributed by atoms with Crippen molar-refractivity contribution in [3.8, 4) is 16.9 Å². The van der Waals surface area contributed by atoms with Crippen LogP contribution < -0.4 is 16.0 Å². The lowest BCUT2D eigenvalue weighted by atomic mass is 9.61. The number of H-pyrrole nitrogens is 1. The molecule has 0 aliphatic heterocycles. The second-order valence-corrected chi connectivity index (χ2v) is 11.4. The van der Waals surface area contributed by atoms with E-state index in [0.29, 0.717) is 11.8 Å². The van der Waals surface area contributed by atoms with Gasteiger partial charge in [0.25, 0.3) is 5.56 Å². The largest absolute Gasteiger partial charge is 0.496 e. The second kappa shape index (κ2) is 9.11. The third kappa shape index (κ3) is 3.54. The number of thiophene rings is 1. The molecule has 4 nitrogen and oxygen atoms in total. The summed E-state index contributed by atoms with van der Waals surface area (Å²) in [6.07, 6.45) is 10.5. The van der Waals surface area contributed by atoms with Crippen LogP contribution in [0, 0.1) is 11.8 Å². The van der Waals surface area contributed by atoms with E-state index in [2.05, 4.69) is 35.3 Å². The molecule has 5 heteroatoms. The van der Waals surface area contributed by atoms with Crippen LogP contribution in [0.2, 0.25) is 0 Å². The van der Waals surface area contributed by atoms with Crippen molar-refractivity contribution in [2.45, 2.75) is 56.8 Å². The molecule has 0 unspecified atom stereocenters. The molecule has 0 saturated heterocycles. The molecule has 3 N–H and O–H groups in total. The molecule has 4 aromatic rings. The van der Waals surface area contributed by atoms with Gasteiger partial charge in [-0.1, -0.05) is 49.9 Å². The van der Waals surface area contributed by atoms with Crippen molar-refractivity contribution >= 4 is 32.3 Å². The van der Waals surface area contributed by atoms with Gasteiger partial charge in [0.1, 0.15) is 10.4 Å². The standard InChI is InChI=1S/C30H34N2O2S/c1-34-25-15-14-24-27(23-16-17-35-28(23)29(33)32-24)26(25)19-10-12-22(13-11-19)30(18-31,20-6-2-3-7-20)21-8-4-5-9-21/h10-17,20-21H,2-9,18,31H2,1H3,(H,32,33). The molecule has 35 heavy (non-hydrogen) atoms. The zero-order valence-electron chi connectivity index (χ0n) is 20.4. The number of rotatable bonds is 6. The monoisotopic (exact) mass is 486 g/mol. The fraction of sp³-hybridized carbons (Fsp3) is 0.433. The van der Waals surface area contributed by atoms with E-state index in [9.17, 15) is 4.79 Å². The Kier molecular flexibility index (Phi) is 5.93. The Hall–Kier alpha value is -2.63. The molecule has 2 heterocycles. The Bertz CT molecular complexity index is 1390. The number of methoxy groups -OCH3 is 1. The maximum Gasteiger partial charge on any atom is 0.266 e. The highest BCUT2D eigenvalue weighted by molar-refractivity contribution is 7.17. The quantitative estimate of drug-likeness (QED) is 0.308.